The van der Waals surface area contributed by atoms with Crippen LogP contribution in [0.3, 0.4) is 0 Å². The number of hydrogen-bond donors (Lipinski definition) is 1. The minimum absolute atomic E-state index is 0. The summed E-state index contributed by atoms with van der Waals surface area (Å²) in [5.74, 6) is -0.0241. The van der Waals surface area contributed by atoms with Crippen LogP contribution in [-0.4, -0.2) is 38.4 Å². The van der Waals surface area contributed by atoms with Crippen molar-refractivity contribution in [2.45, 2.75) is 0 Å². The van der Waals surface area contributed by atoms with Gasteiger partial charge < -0.3 is 9.84 Å². The third kappa shape index (κ3) is 3.55. The van der Waals surface area contributed by atoms with E-state index >= 15 is 0 Å². The molecule has 0 unspecified atom stereocenters. The number of ether oxygens (including phenoxy) is 1. The van der Waals surface area contributed by atoms with Crippen molar-refractivity contribution in [2.24, 2.45) is 0 Å². The van der Waals surface area contributed by atoms with Gasteiger partial charge >= 0.3 is 5.97 Å². The van der Waals surface area contributed by atoms with Gasteiger partial charge in [0.2, 0.25) is 0 Å². The van der Waals surface area contributed by atoms with Gasteiger partial charge in [-0.2, -0.15) is 0 Å². The smallest absolute Gasteiger partial charge is 0.339 e. The van der Waals surface area contributed by atoms with Crippen LogP contribution in [0.5, 0.6) is 11.5 Å². The molecule has 4 radical (unpaired) electrons. The van der Waals surface area contributed by atoms with E-state index in [1.54, 1.807) is 30.3 Å². The molecule has 0 saturated heterocycles. The molecule has 0 heterocycles. The quantitative estimate of drug-likeness (QED) is 0.776. The summed E-state index contributed by atoms with van der Waals surface area (Å²) in [6.07, 6.45) is 0. The topological polar surface area (TPSA) is 46.5 Å². The molecule has 0 bridgehead atoms. The Kier molecular flexibility index (Phi) is 5.15. The summed E-state index contributed by atoms with van der Waals surface area (Å²) in [5, 5.41) is 8.96. The van der Waals surface area contributed by atoms with Crippen molar-refractivity contribution in [1.82, 2.24) is 0 Å². The fraction of sp³-hybridized carbons (Fsp3) is 0. The average Bonchev–Trinajstić information content (AvgIpc) is 2.31. The Balaban J connectivity index is 0.00000144. The molecule has 2 aromatic rings. The maximum atomic E-state index is 10.9. The Morgan fingerprint density at radius 3 is 2.18 bits per heavy atom. The van der Waals surface area contributed by atoms with Crippen molar-refractivity contribution >= 4 is 33.3 Å². The number of hydrogen-bond acceptors (Lipinski definition) is 2. The fourth-order valence-corrected chi connectivity index (χ4v) is 1.35. The zero-order valence-corrected chi connectivity index (χ0v) is 12.8. The summed E-state index contributed by atoms with van der Waals surface area (Å²) in [5.41, 5.74) is 0.159. The van der Waals surface area contributed by atoms with E-state index in [4.69, 9.17) is 9.84 Å². The second-order valence-corrected chi connectivity index (χ2v) is 3.22. The van der Waals surface area contributed by atoms with Gasteiger partial charge in [0, 0.05) is 27.3 Å². The summed E-state index contributed by atoms with van der Waals surface area (Å²) in [6.45, 7) is 0. The van der Waals surface area contributed by atoms with Gasteiger partial charge in [0.1, 0.15) is 17.1 Å². The number of carboxylic acid groups (broad SMARTS) is 1. The maximum Gasteiger partial charge on any atom is 0.339 e. The molecule has 2 aromatic carbocycles. The van der Waals surface area contributed by atoms with E-state index in [-0.39, 0.29) is 32.9 Å². The summed E-state index contributed by atoms with van der Waals surface area (Å²) in [4.78, 5) is 10.9. The zero-order chi connectivity index (χ0) is 11.4. The van der Waals surface area contributed by atoms with Crippen LogP contribution in [0.1, 0.15) is 10.4 Å². The Hall–Kier alpha value is -1.37. The summed E-state index contributed by atoms with van der Waals surface area (Å²) < 4.78 is 5.49. The third-order valence-electron chi connectivity index (χ3n) is 2.09. The van der Waals surface area contributed by atoms with Gasteiger partial charge in [-0.3, -0.25) is 0 Å². The maximum absolute atomic E-state index is 10.9. The van der Waals surface area contributed by atoms with Gasteiger partial charge in [-0.15, -0.1) is 0 Å². The minimum atomic E-state index is -0.994. The van der Waals surface area contributed by atoms with Crippen LogP contribution in [0.2, 0.25) is 0 Å². The number of para-hydroxylation sites is 2. The van der Waals surface area contributed by atoms with E-state index < -0.39 is 5.97 Å². The second-order valence-electron chi connectivity index (χ2n) is 3.22. The van der Waals surface area contributed by atoms with Gasteiger partial charge in [0.25, 0.3) is 0 Å². The van der Waals surface area contributed by atoms with Crippen LogP contribution in [0.15, 0.2) is 54.6 Å². The molecular formula is C13H10O3Pb. The predicted octanol–water partition coefficient (Wildman–Crippen LogP) is 2.80. The van der Waals surface area contributed by atoms with E-state index in [2.05, 4.69) is 0 Å². The normalized spacial score (nSPS) is 9.18. The van der Waals surface area contributed by atoms with Gasteiger partial charge in [0.15, 0.2) is 0 Å². The second kappa shape index (κ2) is 6.39. The van der Waals surface area contributed by atoms with Gasteiger partial charge in [-0.05, 0) is 24.3 Å². The van der Waals surface area contributed by atoms with Crippen molar-refractivity contribution in [3.63, 3.8) is 0 Å². The Labute approximate surface area is 119 Å². The summed E-state index contributed by atoms with van der Waals surface area (Å²) in [7, 11) is 0. The summed E-state index contributed by atoms with van der Waals surface area (Å²) in [6, 6.07) is 15.6. The SMILES string of the molecule is O=C(O)c1ccccc1Oc1ccccc1.[Pb]. The number of carboxylic acids is 1. The molecule has 84 valence electrons. The predicted molar refractivity (Wildman–Crippen MR) is 65.7 cm³/mol. The van der Waals surface area contributed by atoms with Crippen molar-refractivity contribution < 1.29 is 14.6 Å². The fourth-order valence-electron chi connectivity index (χ4n) is 1.35. The van der Waals surface area contributed by atoms with Crippen LogP contribution in [-0.2, 0) is 0 Å². The van der Waals surface area contributed by atoms with Crippen LogP contribution >= 0.6 is 0 Å². The Bertz CT molecular complexity index is 497. The first-order chi connectivity index (χ1) is 7.77. The molecule has 1 N–H and O–H groups in total. The van der Waals surface area contributed by atoms with E-state index in [0.29, 0.717) is 11.5 Å². The number of carbonyl (C=O) groups is 1. The van der Waals surface area contributed by atoms with Crippen molar-refractivity contribution in [3.05, 3.63) is 60.2 Å². The van der Waals surface area contributed by atoms with E-state index in [1.807, 2.05) is 18.2 Å². The zero-order valence-electron chi connectivity index (χ0n) is 8.96. The molecule has 4 heteroatoms. The first-order valence-corrected chi connectivity index (χ1v) is 4.82. The minimum Gasteiger partial charge on any atom is -0.478 e. The molecule has 0 aliphatic rings. The Morgan fingerprint density at radius 1 is 0.941 bits per heavy atom. The molecule has 17 heavy (non-hydrogen) atoms. The molecule has 0 fully saturated rings. The summed E-state index contributed by atoms with van der Waals surface area (Å²) >= 11 is 0. The van der Waals surface area contributed by atoms with Crippen molar-refractivity contribution in [2.75, 3.05) is 0 Å². The molecule has 0 amide bonds. The van der Waals surface area contributed by atoms with Crippen molar-refractivity contribution in [1.29, 1.82) is 0 Å². The molecule has 0 spiro atoms. The molecule has 2 rings (SSSR count). The molecule has 0 aromatic heterocycles. The van der Waals surface area contributed by atoms with Crippen LogP contribution < -0.4 is 4.74 Å². The first kappa shape index (κ1) is 13.7. The molecular weight excluding hydrogens is 411 g/mol. The number of benzene rings is 2. The Morgan fingerprint density at radius 2 is 1.53 bits per heavy atom. The third-order valence-corrected chi connectivity index (χ3v) is 2.09. The number of rotatable bonds is 3. The standard InChI is InChI=1S/C13H10O3.Pb/c14-13(15)11-8-4-5-9-12(11)16-10-6-2-1-3-7-10;/h1-9H,(H,14,15);. The number of aromatic carboxylic acids is 1. The van der Waals surface area contributed by atoms with Gasteiger partial charge in [-0.25, -0.2) is 4.79 Å². The van der Waals surface area contributed by atoms with E-state index in [0.717, 1.165) is 0 Å². The van der Waals surface area contributed by atoms with E-state index in [9.17, 15) is 4.79 Å². The van der Waals surface area contributed by atoms with Gasteiger partial charge in [-0.1, -0.05) is 30.3 Å². The van der Waals surface area contributed by atoms with Crippen LogP contribution in [0.4, 0.5) is 0 Å². The van der Waals surface area contributed by atoms with Crippen molar-refractivity contribution in [3.8, 4) is 11.5 Å². The first-order valence-electron chi connectivity index (χ1n) is 4.82. The monoisotopic (exact) mass is 422 g/mol. The molecule has 0 atom stereocenters. The molecule has 0 aliphatic heterocycles. The van der Waals surface area contributed by atoms with Crippen LogP contribution in [0, 0.1) is 0 Å². The largest absolute Gasteiger partial charge is 0.478 e. The van der Waals surface area contributed by atoms with Gasteiger partial charge in [0.05, 0.1) is 0 Å². The van der Waals surface area contributed by atoms with Crippen LogP contribution in [0.25, 0.3) is 0 Å². The molecule has 3 nitrogen and oxygen atoms in total. The molecule has 0 saturated carbocycles. The molecule has 0 aliphatic carbocycles. The average molecular weight is 421 g/mol. The van der Waals surface area contributed by atoms with E-state index in [1.165, 1.54) is 6.07 Å².